The molecule has 37 heavy (non-hydrogen) atoms. The number of nitro groups is 1. The number of nitrogens with one attached hydrogen (secondary N) is 1. The number of rotatable bonds is 7. The molecule has 2 fully saturated rings. The van der Waals surface area contributed by atoms with E-state index in [4.69, 9.17) is 4.74 Å². The van der Waals surface area contributed by atoms with Crippen molar-refractivity contribution in [1.82, 2.24) is 4.90 Å². The van der Waals surface area contributed by atoms with E-state index in [0.717, 1.165) is 38.4 Å². The molecule has 0 atom stereocenters. The predicted molar refractivity (Wildman–Crippen MR) is 144 cm³/mol. The summed E-state index contributed by atoms with van der Waals surface area (Å²) in [5.41, 5.74) is 3.79. The number of nitro benzene ring substituents is 1. The topological polar surface area (TPSA) is 91.2 Å². The molecular weight excluding hydrogens is 470 g/mol. The maximum atomic E-state index is 12.9. The molecule has 0 aromatic heterocycles. The number of hydrogen-bond donors (Lipinski definition) is 1. The highest BCUT2D eigenvalue weighted by Crippen LogP contribution is 2.30. The quantitative estimate of drug-likeness (QED) is 0.386. The number of nitrogens with zero attached hydrogens (tertiary/aromatic N) is 4. The zero-order valence-electron chi connectivity index (χ0n) is 20.7. The third kappa shape index (κ3) is 6.07. The molecule has 1 amide bonds. The van der Waals surface area contributed by atoms with Gasteiger partial charge in [0.2, 0.25) is 0 Å². The predicted octanol–water partition coefficient (Wildman–Crippen LogP) is 4.01. The Morgan fingerprint density at radius 1 is 0.865 bits per heavy atom. The van der Waals surface area contributed by atoms with Crippen LogP contribution in [-0.2, 0) is 11.3 Å². The molecule has 0 aliphatic carbocycles. The van der Waals surface area contributed by atoms with E-state index in [-0.39, 0.29) is 17.2 Å². The van der Waals surface area contributed by atoms with Gasteiger partial charge in [0.25, 0.3) is 11.6 Å². The summed E-state index contributed by atoms with van der Waals surface area (Å²) >= 11 is 0. The molecule has 3 aromatic carbocycles. The molecule has 0 bridgehead atoms. The highest BCUT2D eigenvalue weighted by atomic mass is 16.6. The van der Waals surface area contributed by atoms with Gasteiger partial charge in [-0.05, 0) is 42.0 Å². The molecule has 9 nitrogen and oxygen atoms in total. The number of benzene rings is 3. The average molecular weight is 502 g/mol. The third-order valence-electron chi connectivity index (χ3n) is 6.90. The minimum atomic E-state index is -0.435. The standard InChI is InChI=1S/C28H31N5O4/c34-28(23-6-11-26(27(20-23)33(35)36)32-16-18-37-19-17-32)29-24-7-9-25(10-8-24)31-14-12-30(13-15-31)21-22-4-2-1-3-5-22/h1-11,20H,12-19,21H2,(H,29,34). The van der Waals surface area contributed by atoms with E-state index in [1.165, 1.54) is 11.6 Å². The van der Waals surface area contributed by atoms with Gasteiger partial charge in [0, 0.05) is 68.8 Å². The Morgan fingerprint density at radius 3 is 2.24 bits per heavy atom. The van der Waals surface area contributed by atoms with Gasteiger partial charge in [0.15, 0.2) is 0 Å². The van der Waals surface area contributed by atoms with E-state index in [2.05, 4.69) is 39.4 Å². The second-order valence-corrected chi connectivity index (χ2v) is 9.31. The van der Waals surface area contributed by atoms with Crippen LogP contribution in [-0.4, -0.2) is 68.2 Å². The normalized spacial score (nSPS) is 16.4. The molecule has 0 radical (unpaired) electrons. The van der Waals surface area contributed by atoms with Gasteiger partial charge in [-0.2, -0.15) is 0 Å². The Balaban J connectivity index is 1.18. The number of carbonyl (C=O) groups is 1. The minimum absolute atomic E-state index is 0.0729. The van der Waals surface area contributed by atoms with Crippen LogP contribution in [0.1, 0.15) is 15.9 Å². The van der Waals surface area contributed by atoms with Gasteiger partial charge in [-0.25, -0.2) is 0 Å². The van der Waals surface area contributed by atoms with Crippen molar-refractivity contribution in [1.29, 1.82) is 0 Å². The van der Waals surface area contributed by atoms with Crippen LogP contribution in [0.4, 0.5) is 22.7 Å². The van der Waals surface area contributed by atoms with Crippen LogP contribution in [0.2, 0.25) is 0 Å². The fourth-order valence-corrected chi connectivity index (χ4v) is 4.85. The Kier molecular flexibility index (Phi) is 7.62. The zero-order chi connectivity index (χ0) is 25.6. The Hall–Kier alpha value is -3.95. The van der Waals surface area contributed by atoms with Crippen molar-refractivity contribution in [2.45, 2.75) is 6.54 Å². The number of hydrogen-bond acceptors (Lipinski definition) is 7. The first-order valence-corrected chi connectivity index (χ1v) is 12.6. The maximum Gasteiger partial charge on any atom is 0.293 e. The van der Waals surface area contributed by atoms with Gasteiger partial charge in [0.1, 0.15) is 5.69 Å². The van der Waals surface area contributed by atoms with Crippen LogP contribution in [0.3, 0.4) is 0 Å². The summed E-state index contributed by atoms with van der Waals surface area (Å²) in [4.78, 5) is 30.9. The van der Waals surface area contributed by atoms with Gasteiger partial charge in [-0.3, -0.25) is 19.8 Å². The lowest BCUT2D eigenvalue weighted by Gasteiger charge is -2.36. The molecule has 3 aromatic rings. The van der Waals surface area contributed by atoms with Crippen molar-refractivity contribution in [2.24, 2.45) is 0 Å². The van der Waals surface area contributed by atoms with Crippen LogP contribution >= 0.6 is 0 Å². The van der Waals surface area contributed by atoms with E-state index in [1.54, 1.807) is 12.1 Å². The molecule has 2 aliphatic rings. The summed E-state index contributed by atoms with van der Waals surface area (Å²) in [6.45, 7) is 7.05. The van der Waals surface area contributed by atoms with Crippen LogP contribution in [0.5, 0.6) is 0 Å². The monoisotopic (exact) mass is 501 g/mol. The fourth-order valence-electron chi connectivity index (χ4n) is 4.85. The smallest absolute Gasteiger partial charge is 0.293 e. The largest absolute Gasteiger partial charge is 0.378 e. The molecule has 2 heterocycles. The third-order valence-corrected chi connectivity index (χ3v) is 6.90. The zero-order valence-corrected chi connectivity index (χ0v) is 20.7. The summed E-state index contributed by atoms with van der Waals surface area (Å²) in [6, 6.07) is 22.9. The van der Waals surface area contributed by atoms with E-state index in [9.17, 15) is 14.9 Å². The molecule has 0 unspecified atom stereocenters. The molecule has 5 rings (SSSR count). The summed E-state index contributed by atoms with van der Waals surface area (Å²) in [5, 5.41) is 14.6. The van der Waals surface area contributed by atoms with Gasteiger partial charge < -0.3 is 19.9 Å². The van der Waals surface area contributed by atoms with Crippen LogP contribution in [0.25, 0.3) is 0 Å². The second kappa shape index (κ2) is 11.4. The Labute approximate surface area is 216 Å². The summed E-state index contributed by atoms with van der Waals surface area (Å²) in [7, 11) is 0. The Bertz CT molecular complexity index is 1220. The minimum Gasteiger partial charge on any atom is -0.378 e. The van der Waals surface area contributed by atoms with Crippen molar-refractivity contribution in [3.63, 3.8) is 0 Å². The number of carbonyl (C=O) groups excluding carboxylic acids is 1. The molecule has 2 aliphatic heterocycles. The van der Waals surface area contributed by atoms with Crippen LogP contribution < -0.4 is 15.1 Å². The van der Waals surface area contributed by atoms with Gasteiger partial charge in [-0.15, -0.1) is 0 Å². The van der Waals surface area contributed by atoms with Gasteiger partial charge >= 0.3 is 0 Å². The lowest BCUT2D eigenvalue weighted by Crippen LogP contribution is -2.45. The lowest BCUT2D eigenvalue weighted by atomic mass is 10.1. The summed E-state index contributed by atoms with van der Waals surface area (Å²) in [6.07, 6.45) is 0. The number of ether oxygens (including phenoxy) is 1. The van der Waals surface area contributed by atoms with Crippen LogP contribution in [0, 0.1) is 10.1 Å². The van der Waals surface area contributed by atoms with E-state index >= 15 is 0 Å². The fraction of sp³-hybridized carbons (Fsp3) is 0.321. The Morgan fingerprint density at radius 2 is 1.57 bits per heavy atom. The van der Waals surface area contributed by atoms with E-state index in [0.29, 0.717) is 37.7 Å². The first-order valence-electron chi connectivity index (χ1n) is 12.6. The molecule has 9 heteroatoms. The summed E-state index contributed by atoms with van der Waals surface area (Å²) in [5.74, 6) is -0.376. The SMILES string of the molecule is O=C(Nc1ccc(N2CCN(Cc3ccccc3)CC2)cc1)c1ccc(N2CCOCC2)c([N+](=O)[O-])c1. The number of morpholine rings is 1. The first-order chi connectivity index (χ1) is 18.1. The first kappa shape index (κ1) is 24.7. The highest BCUT2D eigenvalue weighted by Gasteiger charge is 2.23. The van der Waals surface area contributed by atoms with Crippen molar-refractivity contribution < 1.29 is 14.5 Å². The second-order valence-electron chi connectivity index (χ2n) is 9.31. The molecule has 1 N–H and O–H groups in total. The average Bonchev–Trinajstić information content (AvgIpc) is 2.94. The van der Waals surface area contributed by atoms with Crippen LogP contribution in [0.15, 0.2) is 72.8 Å². The number of anilines is 3. The maximum absolute atomic E-state index is 12.9. The molecular formula is C28H31N5O4. The van der Waals surface area contributed by atoms with Gasteiger partial charge in [-0.1, -0.05) is 30.3 Å². The highest BCUT2D eigenvalue weighted by molar-refractivity contribution is 6.05. The number of amides is 1. The summed E-state index contributed by atoms with van der Waals surface area (Å²) < 4.78 is 5.34. The van der Waals surface area contributed by atoms with Gasteiger partial charge in [0.05, 0.1) is 18.1 Å². The molecule has 0 spiro atoms. The van der Waals surface area contributed by atoms with Crippen molar-refractivity contribution in [2.75, 3.05) is 67.6 Å². The molecule has 192 valence electrons. The lowest BCUT2D eigenvalue weighted by molar-refractivity contribution is -0.384. The number of piperazine rings is 1. The van der Waals surface area contributed by atoms with Crippen molar-refractivity contribution in [3.05, 3.63) is 94.0 Å². The van der Waals surface area contributed by atoms with Crippen molar-refractivity contribution in [3.8, 4) is 0 Å². The molecule has 2 saturated heterocycles. The van der Waals surface area contributed by atoms with E-state index in [1.807, 2.05) is 35.2 Å². The molecule has 0 saturated carbocycles. The van der Waals surface area contributed by atoms with Crippen molar-refractivity contribution >= 4 is 28.7 Å². The van der Waals surface area contributed by atoms with E-state index < -0.39 is 4.92 Å².